The molecule has 2 heterocycles. The van der Waals surface area contributed by atoms with Gasteiger partial charge in [-0.15, -0.1) is 0 Å². The first-order valence-corrected chi connectivity index (χ1v) is 4.15. The quantitative estimate of drug-likeness (QED) is 0.409. The molecule has 12 heavy (non-hydrogen) atoms. The highest BCUT2D eigenvalue weighted by Gasteiger charge is 2.39. The van der Waals surface area contributed by atoms with E-state index in [1.807, 2.05) is 13.8 Å². The molecular weight excluding hydrogens is 156 g/mol. The van der Waals surface area contributed by atoms with Crippen molar-refractivity contribution in [1.29, 1.82) is 0 Å². The van der Waals surface area contributed by atoms with E-state index in [1.165, 1.54) is 0 Å². The van der Waals surface area contributed by atoms with Gasteiger partial charge in [0, 0.05) is 0 Å². The fraction of sp³-hybridized carbons (Fsp3) is 0.889. The zero-order valence-electron chi connectivity index (χ0n) is 8.14. The second kappa shape index (κ2) is 2.73. The molecule has 2 saturated heterocycles. The van der Waals surface area contributed by atoms with Crippen LogP contribution in [0, 0.1) is 5.41 Å². The number of rotatable bonds is 0. The van der Waals surface area contributed by atoms with Crippen LogP contribution in [0.5, 0.6) is 0 Å². The predicted octanol–water partition coefficient (Wildman–Crippen LogP) is 1.36. The van der Waals surface area contributed by atoms with Crippen LogP contribution in [0.15, 0.2) is 0 Å². The molecule has 0 saturated carbocycles. The summed E-state index contributed by atoms with van der Waals surface area (Å²) in [4.78, 5) is 10.3. The van der Waals surface area contributed by atoms with Crippen LogP contribution < -0.4 is 0 Å². The third-order valence-corrected chi connectivity index (χ3v) is 1.84. The molecule has 0 bridgehead atoms. The molecule has 0 atom stereocenters. The number of hydrogen-bond donors (Lipinski definition) is 0. The van der Waals surface area contributed by atoms with E-state index in [0.717, 1.165) is 6.61 Å². The second-order valence-electron chi connectivity index (χ2n) is 4.51. The minimum atomic E-state index is -0.181. The van der Waals surface area contributed by atoms with E-state index in [-0.39, 0.29) is 17.0 Å². The standard InChI is InChI=1S/C5H8O2.C4H8O/c1-5(2)3-7-4(5)6;1-4(2)3-5-4/h3H2,1-2H3;3H2,1-2H3. The maximum absolute atomic E-state index is 10.3. The Morgan fingerprint density at radius 1 is 1.17 bits per heavy atom. The van der Waals surface area contributed by atoms with Crippen molar-refractivity contribution in [2.45, 2.75) is 33.3 Å². The van der Waals surface area contributed by atoms with Crippen LogP contribution in [0.2, 0.25) is 0 Å². The topological polar surface area (TPSA) is 38.8 Å². The zero-order valence-corrected chi connectivity index (χ0v) is 8.14. The highest BCUT2D eigenvalue weighted by molar-refractivity contribution is 5.80. The molecule has 3 heteroatoms. The van der Waals surface area contributed by atoms with Gasteiger partial charge in [-0.25, -0.2) is 0 Å². The number of hydrogen-bond acceptors (Lipinski definition) is 3. The molecular formula is C9H16O3. The molecule has 2 rings (SSSR count). The largest absolute Gasteiger partial charge is 0.464 e. The molecule has 0 aromatic rings. The molecule has 2 fully saturated rings. The smallest absolute Gasteiger partial charge is 0.315 e. The summed E-state index contributed by atoms with van der Waals surface area (Å²) in [5.74, 6) is -0.0764. The van der Waals surface area contributed by atoms with E-state index in [1.54, 1.807) is 0 Å². The minimum absolute atomic E-state index is 0.0764. The summed E-state index contributed by atoms with van der Waals surface area (Å²) < 4.78 is 9.40. The Labute approximate surface area is 73.0 Å². The SMILES string of the molecule is CC1(C)CO1.CC1(C)COC1=O. The molecule has 0 spiro atoms. The molecule has 0 radical (unpaired) electrons. The Morgan fingerprint density at radius 2 is 1.50 bits per heavy atom. The molecule has 0 aliphatic carbocycles. The van der Waals surface area contributed by atoms with Crippen molar-refractivity contribution in [1.82, 2.24) is 0 Å². The fourth-order valence-electron chi connectivity index (χ4n) is 0.564. The van der Waals surface area contributed by atoms with E-state index in [9.17, 15) is 4.79 Å². The highest BCUT2D eigenvalue weighted by atomic mass is 16.6. The number of carbonyl (C=O) groups is 1. The van der Waals surface area contributed by atoms with E-state index in [0.29, 0.717) is 6.61 Å². The van der Waals surface area contributed by atoms with Crippen LogP contribution in [-0.4, -0.2) is 24.8 Å². The van der Waals surface area contributed by atoms with Crippen LogP contribution in [0.3, 0.4) is 0 Å². The average molecular weight is 172 g/mol. The van der Waals surface area contributed by atoms with Gasteiger partial charge >= 0.3 is 5.97 Å². The average Bonchev–Trinajstić information content (AvgIpc) is 2.64. The molecule has 0 amide bonds. The van der Waals surface area contributed by atoms with Gasteiger partial charge in [-0.2, -0.15) is 0 Å². The Hall–Kier alpha value is -0.570. The van der Waals surface area contributed by atoms with Gasteiger partial charge in [-0.05, 0) is 27.7 Å². The zero-order chi connectivity index (χ0) is 9.41. The third kappa shape index (κ3) is 2.48. The number of esters is 1. The lowest BCUT2D eigenvalue weighted by Gasteiger charge is -2.31. The summed E-state index contributed by atoms with van der Waals surface area (Å²) in [6, 6.07) is 0. The van der Waals surface area contributed by atoms with E-state index >= 15 is 0 Å². The van der Waals surface area contributed by atoms with Gasteiger partial charge in [0.05, 0.1) is 17.6 Å². The summed E-state index contributed by atoms with van der Waals surface area (Å²) in [7, 11) is 0. The number of carbonyl (C=O) groups excluding carboxylic acids is 1. The summed E-state index contributed by atoms with van der Waals surface area (Å²) in [6.07, 6.45) is 0. The Bertz CT molecular complexity index is 188. The summed E-state index contributed by atoms with van der Waals surface area (Å²) >= 11 is 0. The van der Waals surface area contributed by atoms with Gasteiger partial charge in [0.1, 0.15) is 6.61 Å². The predicted molar refractivity (Wildman–Crippen MR) is 44.8 cm³/mol. The van der Waals surface area contributed by atoms with Crippen molar-refractivity contribution < 1.29 is 14.3 Å². The van der Waals surface area contributed by atoms with Gasteiger partial charge in [-0.1, -0.05) is 0 Å². The van der Waals surface area contributed by atoms with Crippen LogP contribution in [0.25, 0.3) is 0 Å². The van der Waals surface area contributed by atoms with Gasteiger partial charge in [-0.3, -0.25) is 4.79 Å². The normalized spacial score (nSPS) is 27.5. The fourth-order valence-corrected chi connectivity index (χ4v) is 0.564. The molecule has 2 aliphatic heterocycles. The van der Waals surface area contributed by atoms with Crippen LogP contribution in [0.1, 0.15) is 27.7 Å². The van der Waals surface area contributed by atoms with Gasteiger partial charge < -0.3 is 9.47 Å². The molecule has 0 N–H and O–H groups in total. The van der Waals surface area contributed by atoms with Crippen molar-refractivity contribution in [3.8, 4) is 0 Å². The summed E-state index contributed by atoms with van der Waals surface area (Å²) in [5.41, 5.74) is 0.0694. The first kappa shape index (κ1) is 9.52. The maximum atomic E-state index is 10.3. The summed E-state index contributed by atoms with van der Waals surface area (Å²) in [6.45, 7) is 9.44. The maximum Gasteiger partial charge on any atom is 0.315 e. The summed E-state index contributed by atoms with van der Waals surface area (Å²) in [5, 5.41) is 0. The van der Waals surface area contributed by atoms with Crippen molar-refractivity contribution in [2.75, 3.05) is 13.2 Å². The first-order valence-electron chi connectivity index (χ1n) is 4.15. The second-order valence-corrected chi connectivity index (χ2v) is 4.51. The minimum Gasteiger partial charge on any atom is -0.464 e. The van der Waals surface area contributed by atoms with E-state index in [4.69, 9.17) is 4.74 Å². The van der Waals surface area contributed by atoms with Crippen molar-refractivity contribution in [3.05, 3.63) is 0 Å². The van der Waals surface area contributed by atoms with Gasteiger partial charge in [0.15, 0.2) is 0 Å². The van der Waals surface area contributed by atoms with Gasteiger partial charge in [0.2, 0.25) is 0 Å². The molecule has 0 aromatic carbocycles. The van der Waals surface area contributed by atoms with Crippen LogP contribution in [0.4, 0.5) is 0 Å². The van der Waals surface area contributed by atoms with E-state index in [2.05, 4.69) is 18.6 Å². The Kier molecular flexibility index (Phi) is 2.17. The van der Waals surface area contributed by atoms with Crippen molar-refractivity contribution in [3.63, 3.8) is 0 Å². The molecule has 0 unspecified atom stereocenters. The number of ether oxygens (including phenoxy) is 2. The third-order valence-electron chi connectivity index (χ3n) is 1.84. The van der Waals surface area contributed by atoms with Crippen LogP contribution >= 0.6 is 0 Å². The Balaban J connectivity index is 0.000000127. The lowest BCUT2D eigenvalue weighted by atomic mass is 9.91. The number of cyclic esters (lactones) is 1. The first-order chi connectivity index (χ1) is 5.33. The van der Waals surface area contributed by atoms with Crippen molar-refractivity contribution >= 4 is 5.97 Å². The van der Waals surface area contributed by atoms with Gasteiger partial charge in [0.25, 0.3) is 0 Å². The molecule has 70 valence electrons. The Morgan fingerprint density at radius 3 is 1.50 bits per heavy atom. The van der Waals surface area contributed by atoms with Crippen LogP contribution in [-0.2, 0) is 14.3 Å². The number of epoxide rings is 1. The van der Waals surface area contributed by atoms with E-state index < -0.39 is 0 Å². The highest BCUT2D eigenvalue weighted by Crippen LogP contribution is 2.26. The molecule has 3 nitrogen and oxygen atoms in total. The lowest BCUT2D eigenvalue weighted by Crippen LogP contribution is -2.42. The van der Waals surface area contributed by atoms with Crippen molar-refractivity contribution in [2.24, 2.45) is 5.41 Å². The lowest BCUT2D eigenvalue weighted by molar-refractivity contribution is -0.180. The molecule has 2 aliphatic rings. The monoisotopic (exact) mass is 172 g/mol. The molecule has 0 aromatic heterocycles.